The molecule has 1 aliphatic heterocycles. The van der Waals surface area contributed by atoms with E-state index in [1.165, 1.54) is 14.2 Å². The molecule has 50 heavy (non-hydrogen) atoms. The normalized spacial score (nSPS) is 19.5. The molecule has 2 amide bonds. The lowest BCUT2D eigenvalue weighted by molar-refractivity contribution is -0.125. The van der Waals surface area contributed by atoms with Gasteiger partial charge in [0.25, 0.3) is 0 Å². The van der Waals surface area contributed by atoms with Crippen molar-refractivity contribution < 1.29 is 38.2 Å². The Bertz CT molecular complexity index is 2010. The fraction of sp³-hybridized carbons (Fsp3) is 0.244. The van der Waals surface area contributed by atoms with Crippen LogP contribution in [0.4, 0.5) is 10.5 Å². The summed E-state index contributed by atoms with van der Waals surface area (Å²) < 4.78 is 16.3. The first kappa shape index (κ1) is 34.0. The molecule has 1 spiro atoms. The second-order valence-corrected chi connectivity index (χ2v) is 13.3. The van der Waals surface area contributed by atoms with Crippen molar-refractivity contribution in [2.24, 2.45) is 11.8 Å². The summed E-state index contributed by atoms with van der Waals surface area (Å²) in [6, 6.07) is 28.1. The molecule has 9 nitrogen and oxygen atoms in total. The quantitative estimate of drug-likeness (QED) is 0.169. The minimum atomic E-state index is -1.85. The summed E-state index contributed by atoms with van der Waals surface area (Å²) in [6.45, 7) is 5.07. The molecule has 0 bridgehead atoms. The standard InChI is InChI=1S/C41H37NO8/c1-40(2,3)50-39(47)42-33-14-10-9-13-32(33)41(38(42)46)28(24-34(43)25-15-19-29(48-4)20-16-25)23-31(35(41)37(45)26-11-7-6-8-12-26)36(44)27-17-21-30(49-5)22-18-27/h6-23,28,35H,24H2,1-5H3/t28?,35?,41-/m0/s1. The predicted molar refractivity (Wildman–Crippen MR) is 187 cm³/mol. The number of carbonyl (C=O) groups excluding carboxylic acids is 5. The summed E-state index contributed by atoms with van der Waals surface area (Å²) >= 11 is 0. The van der Waals surface area contributed by atoms with E-state index in [0.717, 1.165) is 4.90 Å². The van der Waals surface area contributed by atoms with Gasteiger partial charge in [-0.15, -0.1) is 0 Å². The van der Waals surface area contributed by atoms with Crippen molar-refractivity contribution in [1.29, 1.82) is 0 Å². The van der Waals surface area contributed by atoms with E-state index in [0.29, 0.717) is 22.6 Å². The fourth-order valence-electron chi connectivity index (χ4n) is 7.01. The Kier molecular flexibility index (Phi) is 9.01. The number of Topliss-reactive ketones (excluding diaryl/α,β-unsaturated/α-hetero) is 3. The highest BCUT2D eigenvalue weighted by molar-refractivity contribution is 6.26. The van der Waals surface area contributed by atoms with Crippen LogP contribution in [0.5, 0.6) is 11.5 Å². The largest absolute Gasteiger partial charge is 0.497 e. The van der Waals surface area contributed by atoms with Crippen LogP contribution in [0.2, 0.25) is 0 Å². The van der Waals surface area contributed by atoms with Gasteiger partial charge in [-0.25, -0.2) is 9.69 Å². The summed E-state index contributed by atoms with van der Waals surface area (Å²) in [5, 5.41) is 0. The SMILES string of the molecule is COc1ccc(C(=O)CC2C=C(C(=O)c3ccc(OC)cc3)C(C(=O)c3ccccc3)[C@]23C(=O)N(C(=O)OC(C)(C)C)c2ccccc23)cc1. The minimum Gasteiger partial charge on any atom is -0.497 e. The molecule has 4 aromatic rings. The van der Waals surface area contributed by atoms with Gasteiger partial charge in [0, 0.05) is 34.6 Å². The fourth-order valence-corrected chi connectivity index (χ4v) is 7.01. The maximum atomic E-state index is 15.2. The average molecular weight is 672 g/mol. The van der Waals surface area contributed by atoms with Crippen LogP contribution in [0.25, 0.3) is 0 Å². The number of carbonyl (C=O) groups is 5. The number of imide groups is 1. The first-order valence-electron chi connectivity index (χ1n) is 16.2. The van der Waals surface area contributed by atoms with Gasteiger partial charge in [0.15, 0.2) is 17.3 Å². The van der Waals surface area contributed by atoms with Gasteiger partial charge >= 0.3 is 6.09 Å². The van der Waals surface area contributed by atoms with Crippen molar-refractivity contribution in [2.45, 2.75) is 38.2 Å². The van der Waals surface area contributed by atoms with E-state index in [9.17, 15) is 19.2 Å². The number of nitrogens with zero attached hydrogens (tertiary/aromatic N) is 1. The zero-order valence-corrected chi connectivity index (χ0v) is 28.5. The molecular formula is C41H37NO8. The molecular weight excluding hydrogens is 634 g/mol. The third-order valence-electron chi connectivity index (χ3n) is 9.21. The lowest BCUT2D eigenvalue weighted by Gasteiger charge is -2.36. The Hall–Kier alpha value is -5.83. The summed E-state index contributed by atoms with van der Waals surface area (Å²) in [5.74, 6) is -3.35. The summed E-state index contributed by atoms with van der Waals surface area (Å²) in [7, 11) is 3.04. The number of para-hydroxylation sites is 1. The van der Waals surface area contributed by atoms with Crippen molar-refractivity contribution in [1.82, 2.24) is 0 Å². The second-order valence-electron chi connectivity index (χ2n) is 13.3. The molecule has 6 rings (SSSR count). The zero-order valence-electron chi connectivity index (χ0n) is 28.5. The highest BCUT2D eigenvalue weighted by atomic mass is 16.6. The third kappa shape index (κ3) is 5.89. The summed E-state index contributed by atoms with van der Waals surface area (Å²) in [6.07, 6.45) is 0.423. The molecule has 254 valence electrons. The molecule has 9 heteroatoms. The first-order valence-corrected chi connectivity index (χ1v) is 16.2. The number of hydrogen-bond donors (Lipinski definition) is 0. The first-order chi connectivity index (χ1) is 23.9. The number of rotatable bonds is 9. The van der Waals surface area contributed by atoms with Gasteiger partial charge in [0.1, 0.15) is 17.1 Å². The predicted octanol–water partition coefficient (Wildman–Crippen LogP) is 7.43. The Morgan fingerprint density at radius 2 is 1.28 bits per heavy atom. The molecule has 0 aromatic heterocycles. The number of amides is 2. The van der Waals surface area contributed by atoms with Crippen LogP contribution in [0.15, 0.2) is 115 Å². The number of ketones is 3. The number of anilines is 1. The van der Waals surface area contributed by atoms with Crippen LogP contribution < -0.4 is 14.4 Å². The molecule has 2 unspecified atom stereocenters. The van der Waals surface area contributed by atoms with Crippen LogP contribution in [0.1, 0.15) is 63.8 Å². The lowest BCUT2D eigenvalue weighted by Crippen LogP contribution is -2.53. The summed E-state index contributed by atoms with van der Waals surface area (Å²) in [5.41, 5.74) is -1.26. The van der Waals surface area contributed by atoms with Gasteiger partial charge in [0.05, 0.1) is 31.2 Å². The van der Waals surface area contributed by atoms with Gasteiger partial charge in [-0.2, -0.15) is 0 Å². The number of benzene rings is 4. The molecule has 0 radical (unpaired) electrons. The monoisotopic (exact) mass is 671 g/mol. The maximum Gasteiger partial charge on any atom is 0.421 e. The van der Waals surface area contributed by atoms with E-state index < -0.39 is 46.4 Å². The van der Waals surface area contributed by atoms with E-state index >= 15 is 4.79 Å². The van der Waals surface area contributed by atoms with Crippen LogP contribution in [0, 0.1) is 11.8 Å². The third-order valence-corrected chi connectivity index (χ3v) is 9.21. The second kappa shape index (κ2) is 13.2. The molecule has 0 saturated heterocycles. The molecule has 4 aromatic carbocycles. The van der Waals surface area contributed by atoms with Gasteiger partial charge in [-0.1, -0.05) is 54.6 Å². The number of methoxy groups -OCH3 is 2. The molecule has 0 N–H and O–H groups in total. The van der Waals surface area contributed by atoms with Crippen LogP contribution in [-0.4, -0.2) is 49.2 Å². The molecule has 0 fully saturated rings. The number of ether oxygens (including phenoxy) is 3. The Labute approximate surface area is 290 Å². The molecule has 1 aliphatic carbocycles. The zero-order chi connectivity index (χ0) is 35.8. The van der Waals surface area contributed by atoms with E-state index in [-0.39, 0.29) is 34.6 Å². The van der Waals surface area contributed by atoms with E-state index in [1.54, 1.807) is 130 Å². The molecule has 0 saturated carbocycles. The highest BCUT2D eigenvalue weighted by Gasteiger charge is 2.67. The Balaban J connectivity index is 1.58. The van der Waals surface area contributed by atoms with Gasteiger partial charge < -0.3 is 14.2 Å². The smallest absolute Gasteiger partial charge is 0.421 e. The minimum absolute atomic E-state index is 0.0609. The Morgan fingerprint density at radius 3 is 1.86 bits per heavy atom. The molecule has 2 aliphatic rings. The lowest BCUT2D eigenvalue weighted by atomic mass is 9.62. The van der Waals surface area contributed by atoms with Gasteiger partial charge in [0.2, 0.25) is 5.91 Å². The molecule has 3 atom stereocenters. The Morgan fingerprint density at radius 1 is 0.720 bits per heavy atom. The van der Waals surface area contributed by atoms with Crippen LogP contribution in [0.3, 0.4) is 0 Å². The molecule has 1 heterocycles. The average Bonchev–Trinajstić information content (AvgIpc) is 3.59. The van der Waals surface area contributed by atoms with Gasteiger partial charge in [-0.05, 0) is 80.9 Å². The number of fused-ring (bicyclic) bond motifs is 2. The van der Waals surface area contributed by atoms with Crippen molar-refractivity contribution in [3.8, 4) is 11.5 Å². The highest BCUT2D eigenvalue weighted by Crippen LogP contribution is 2.59. The van der Waals surface area contributed by atoms with Crippen molar-refractivity contribution >= 4 is 35.0 Å². The van der Waals surface area contributed by atoms with Crippen LogP contribution >= 0.6 is 0 Å². The number of allylic oxidation sites excluding steroid dienone is 2. The van der Waals surface area contributed by atoms with E-state index in [1.807, 2.05) is 0 Å². The van der Waals surface area contributed by atoms with E-state index in [2.05, 4.69) is 0 Å². The van der Waals surface area contributed by atoms with Crippen molar-refractivity contribution in [2.75, 3.05) is 19.1 Å². The van der Waals surface area contributed by atoms with Crippen LogP contribution in [-0.2, 0) is 14.9 Å². The maximum absolute atomic E-state index is 15.2. The summed E-state index contributed by atoms with van der Waals surface area (Å²) in [4.78, 5) is 73.5. The topological polar surface area (TPSA) is 116 Å². The van der Waals surface area contributed by atoms with Crippen molar-refractivity contribution in [3.63, 3.8) is 0 Å². The number of hydrogen-bond acceptors (Lipinski definition) is 8. The van der Waals surface area contributed by atoms with Crippen molar-refractivity contribution in [3.05, 3.63) is 137 Å². The van der Waals surface area contributed by atoms with E-state index in [4.69, 9.17) is 14.2 Å². The van der Waals surface area contributed by atoms with Gasteiger partial charge in [-0.3, -0.25) is 19.2 Å².